The molecule has 84 valence electrons. The van der Waals surface area contributed by atoms with Gasteiger partial charge in [0.15, 0.2) is 0 Å². The smallest absolute Gasteiger partial charge is 0.0950 e. The van der Waals surface area contributed by atoms with Crippen LogP contribution in [0, 0.1) is 0 Å². The van der Waals surface area contributed by atoms with Crippen molar-refractivity contribution in [1.29, 1.82) is 0 Å². The van der Waals surface area contributed by atoms with E-state index in [1.165, 1.54) is 5.56 Å². The number of benzene rings is 1. The third kappa shape index (κ3) is 2.94. The molecular weight excluding hydrogens is 200 g/mol. The Bertz CT molecular complexity index is 423. The zero-order valence-electron chi connectivity index (χ0n) is 9.21. The molecule has 16 heavy (non-hydrogen) atoms. The molecule has 0 atom stereocenters. The van der Waals surface area contributed by atoms with Crippen molar-refractivity contribution in [3.8, 4) is 0 Å². The van der Waals surface area contributed by atoms with Gasteiger partial charge in [-0.25, -0.2) is 4.98 Å². The lowest BCUT2D eigenvalue weighted by atomic mass is 10.1. The Labute approximate surface area is 95.4 Å². The minimum Gasteiger partial charge on any atom is -0.390 e. The molecule has 3 nitrogen and oxygen atoms in total. The molecule has 0 aliphatic rings. The highest BCUT2D eigenvalue weighted by atomic mass is 16.3. The Morgan fingerprint density at radius 2 is 2.00 bits per heavy atom. The maximum Gasteiger partial charge on any atom is 0.0950 e. The van der Waals surface area contributed by atoms with Crippen molar-refractivity contribution in [1.82, 2.24) is 9.55 Å². The Hall–Kier alpha value is -1.61. The predicted molar refractivity (Wildman–Crippen MR) is 62.9 cm³/mol. The van der Waals surface area contributed by atoms with Crippen molar-refractivity contribution in [3.05, 3.63) is 54.1 Å². The molecule has 0 spiro atoms. The van der Waals surface area contributed by atoms with Gasteiger partial charge in [-0.1, -0.05) is 30.3 Å². The van der Waals surface area contributed by atoms with E-state index in [-0.39, 0.29) is 6.61 Å². The first-order valence-corrected chi connectivity index (χ1v) is 5.54. The first-order chi connectivity index (χ1) is 7.88. The van der Waals surface area contributed by atoms with Crippen molar-refractivity contribution >= 4 is 0 Å². The van der Waals surface area contributed by atoms with Gasteiger partial charge < -0.3 is 9.67 Å². The van der Waals surface area contributed by atoms with Crippen LogP contribution in [-0.2, 0) is 19.6 Å². The molecule has 2 aromatic rings. The number of aromatic nitrogens is 2. The number of aliphatic hydroxyl groups is 1. The van der Waals surface area contributed by atoms with E-state index in [1.807, 2.05) is 16.8 Å². The van der Waals surface area contributed by atoms with Crippen molar-refractivity contribution < 1.29 is 5.11 Å². The summed E-state index contributed by atoms with van der Waals surface area (Å²) in [5, 5.41) is 8.88. The van der Waals surface area contributed by atoms with E-state index in [2.05, 4.69) is 29.2 Å². The molecule has 1 aromatic heterocycles. The number of rotatable bonds is 5. The number of aryl methyl sites for hydroxylation is 2. The fraction of sp³-hybridized carbons (Fsp3) is 0.308. The Morgan fingerprint density at radius 1 is 1.19 bits per heavy atom. The number of aliphatic hydroxyl groups excluding tert-OH is 1. The van der Waals surface area contributed by atoms with Gasteiger partial charge in [-0.05, 0) is 18.4 Å². The van der Waals surface area contributed by atoms with Crippen LogP contribution in [0.15, 0.2) is 42.9 Å². The standard InChI is InChI=1S/C13H16N2O/c16-10-13-9-15(11-14-13)8-4-7-12-5-2-1-3-6-12/h1-3,5-6,9,11,16H,4,7-8,10H2. The highest BCUT2D eigenvalue weighted by Crippen LogP contribution is 2.04. The molecular formula is C13H16N2O. The van der Waals surface area contributed by atoms with Gasteiger partial charge in [0.2, 0.25) is 0 Å². The van der Waals surface area contributed by atoms with Crippen molar-refractivity contribution in [2.24, 2.45) is 0 Å². The van der Waals surface area contributed by atoms with Crippen molar-refractivity contribution in [3.63, 3.8) is 0 Å². The Kier molecular flexibility index (Phi) is 3.72. The lowest BCUT2D eigenvalue weighted by Crippen LogP contribution is -1.96. The monoisotopic (exact) mass is 216 g/mol. The fourth-order valence-corrected chi connectivity index (χ4v) is 1.72. The van der Waals surface area contributed by atoms with Crippen LogP contribution in [0.1, 0.15) is 17.7 Å². The van der Waals surface area contributed by atoms with E-state index in [0.29, 0.717) is 0 Å². The minimum absolute atomic E-state index is 0.0195. The van der Waals surface area contributed by atoms with Crippen LogP contribution in [0.3, 0.4) is 0 Å². The van der Waals surface area contributed by atoms with Crippen molar-refractivity contribution in [2.45, 2.75) is 26.0 Å². The van der Waals surface area contributed by atoms with Gasteiger partial charge in [0.1, 0.15) is 0 Å². The molecule has 0 saturated carbocycles. The summed E-state index contributed by atoms with van der Waals surface area (Å²) in [6, 6.07) is 10.5. The van der Waals surface area contributed by atoms with E-state index in [4.69, 9.17) is 5.11 Å². The quantitative estimate of drug-likeness (QED) is 0.830. The summed E-state index contributed by atoms with van der Waals surface area (Å²) in [7, 11) is 0. The Morgan fingerprint density at radius 3 is 2.69 bits per heavy atom. The third-order valence-corrected chi connectivity index (χ3v) is 2.57. The molecule has 1 aromatic carbocycles. The summed E-state index contributed by atoms with van der Waals surface area (Å²) in [6.45, 7) is 0.966. The van der Waals surface area contributed by atoms with Gasteiger partial charge in [-0.15, -0.1) is 0 Å². The van der Waals surface area contributed by atoms with Crippen LogP contribution in [0.25, 0.3) is 0 Å². The second-order valence-corrected chi connectivity index (χ2v) is 3.85. The second kappa shape index (κ2) is 5.47. The zero-order valence-corrected chi connectivity index (χ0v) is 9.21. The van der Waals surface area contributed by atoms with Crippen LogP contribution in [0.2, 0.25) is 0 Å². The molecule has 1 N–H and O–H groups in total. The lowest BCUT2D eigenvalue weighted by Gasteiger charge is -2.02. The molecule has 1 heterocycles. The first-order valence-electron chi connectivity index (χ1n) is 5.54. The van der Waals surface area contributed by atoms with Crippen LogP contribution >= 0.6 is 0 Å². The normalized spacial score (nSPS) is 10.6. The SMILES string of the molecule is OCc1cn(CCCc2ccccc2)cn1. The number of nitrogens with zero attached hydrogens (tertiary/aromatic N) is 2. The van der Waals surface area contributed by atoms with Gasteiger partial charge in [0, 0.05) is 12.7 Å². The summed E-state index contributed by atoms with van der Waals surface area (Å²) in [5.74, 6) is 0. The summed E-state index contributed by atoms with van der Waals surface area (Å²) in [6.07, 6.45) is 5.83. The van der Waals surface area contributed by atoms with Crippen LogP contribution < -0.4 is 0 Å². The van der Waals surface area contributed by atoms with Gasteiger partial charge in [0.25, 0.3) is 0 Å². The summed E-state index contributed by atoms with van der Waals surface area (Å²) in [4.78, 5) is 4.07. The number of hydrogen-bond donors (Lipinski definition) is 1. The second-order valence-electron chi connectivity index (χ2n) is 3.85. The number of hydrogen-bond acceptors (Lipinski definition) is 2. The maximum atomic E-state index is 8.88. The molecule has 0 aliphatic heterocycles. The molecule has 3 heteroatoms. The van der Waals surface area contributed by atoms with Crippen LogP contribution in [0.5, 0.6) is 0 Å². The van der Waals surface area contributed by atoms with Crippen LogP contribution in [-0.4, -0.2) is 14.7 Å². The topological polar surface area (TPSA) is 38.0 Å². The average molecular weight is 216 g/mol. The van der Waals surface area contributed by atoms with E-state index in [9.17, 15) is 0 Å². The molecule has 0 aliphatic carbocycles. The zero-order chi connectivity index (χ0) is 11.2. The maximum absolute atomic E-state index is 8.88. The molecule has 0 amide bonds. The Balaban J connectivity index is 1.80. The lowest BCUT2D eigenvalue weighted by molar-refractivity contribution is 0.277. The highest BCUT2D eigenvalue weighted by Gasteiger charge is 1.97. The molecule has 0 unspecified atom stereocenters. The van der Waals surface area contributed by atoms with E-state index in [0.717, 1.165) is 25.1 Å². The van der Waals surface area contributed by atoms with Gasteiger partial charge in [-0.2, -0.15) is 0 Å². The number of imidazole rings is 1. The van der Waals surface area contributed by atoms with Crippen LogP contribution in [0.4, 0.5) is 0 Å². The van der Waals surface area contributed by atoms with E-state index >= 15 is 0 Å². The summed E-state index contributed by atoms with van der Waals surface area (Å²) in [5.41, 5.74) is 2.10. The molecule has 0 bridgehead atoms. The molecule has 2 rings (SSSR count). The summed E-state index contributed by atoms with van der Waals surface area (Å²) >= 11 is 0. The summed E-state index contributed by atoms with van der Waals surface area (Å²) < 4.78 is 2.02. The van der Waals surface area contributed by atoms with Gasteiger partial charge in [-0.3, -0.25) is 0 Å². The van der Waals surface area contributed by atoms with Gasteiger partial charge in [0.05, 0.1) is 18.6 Å². The largest absolute Gasteiger partial charge is 0.390 e. The molecule has 0 radical (unpaired) electrons. The first kappa shape index (κ1) is 10.9. The minimum atomic E-state index is 0.0195. The van der Waals surface area contributed by atoms with E-state index in [1.54, 1.807) is 6.33 Å². The van der Waals surface area contributed by atoms with E-state index < -0.39 is 0 Å². The van der Waals surface area contributed by atoms with Gasteiger partial charge >= 0.3 is 0 Å². The highest BCUT2D eigenvalue weighted by molar-refractivity contribution is 5.14. The average Bonchev–Trinajstić information content (AvgIpc) is 2.78. The third-order valence-electron chi connectivity index (χ3n) is 2.57. The van der Waals surface area contributed by atoms with Crippen molar-refractivity contribution in [2.75, 3.05) is 0 Å². The molecule has 0 saturated heterocycles. The fourth-order valence-electron chi connectivity index (χ4n) is 1.72. The molecule has 0 fully saturated rings. The predicted octanol–water partition coefficient (Wildman–Crippen LogP) is 2.01.